The highest BCUT2D eigenvalue weighted by Gasteiger charge is 2.36. The van der Waals surface area contributed by atoms with Crippen LogP contribution in [0.2, 0.25) is 0 Å². The van der Waals surface area contributed by atoms with Crippen molar-refractivity contribution in [1.29, 1.82) is 5.26 Å². The summed E-state index contributed by atoms with van der Waals surface area (Å²) in [5.74, 6) is 0. The van der Waals surface area contributed by atoms with Gasteiger partial charge in [-0.1, -0.05) is 0 Å². The summed E-state index contributed by atoms with van der Waals surface area (Å²) in [4.78, 5) is -0.845. The Bertz CT molecular complexity index is 497. The average Bonchev–Trinajstić information content (AvgIpc) is 2.46. The molecule has 1 aromatic heterocycles. The zero-order chi connectivity index (χ0) is 11.7. The Labute approximate surface area is 81.8 Å². The maximum Gasteiger partial charge on any atom is 0.470 e. The summed E-state index contributed by atoms with van der Waals surface area (Å²) in [6.45, 7) is 0. The monoisotopic (exact) mass is 240 g/mol. The Morgan fingerprint density at radius 1 is 1.53 bits per heavy atom. The fourth-order valence-corrected chi connectivity index (χ4v) is 1.74. The van der Waals surface area contributed by atoms with Gasteiger partial charge in [0.2, 0.25) is 0 Å². The molecule has 82 valence electrons. The van der Waals surface area contributed by atoms with Crippen LogP contribution in [0.4, 0.5) is 13.2 Å². The summed E-state index contributed by atoms with van der Waals surface area (Å²) in [5.41, 5.74) is -0.633. The minimum Gasteiger partial charge on any atom is -0.283 e. The highest BCUT2D eigenvalue weighted by atomic mass is 32.2. The zero-order valence-electron chi connectivity index (χ0n) is 6.83. The van der Waals surface area contributed by atoms with Crippen LogP contribution in [-0.4, -0.2) is 24.9 Å². The largest absolute Gasteiger partial charge is 0.470 e. The molecule has 0 aliphatic rings. The molecular formula is C5H3F3N4O2S. The van der Waals surface area contributed by atoms with Crippen LogP contribution in [-0.2, 0) is 10.0 Å². The van der Waals surface area contributed by atoms with Gasteiger partial charge in [0, 0.05) is 6.20 Å². The minimum atomic E-state index is -5.09. The minimum absolute atomic E-state index is 0.434. The molecule has 2 N–H and O–H groups in total. The molecule has 1 rings (SSSR count). The second-order valence-corrected chi connectivity index (χ2v) is 3.96. The molecular weight excluding hydrogens is 237 g/mol. The second-order valence-electron chi connectivity index (χ2n) is 2.31. The van der Waals surface area contributed by atoms with Crippen molar-refractivity contribution in [3.8, 4) is 6.07 Å². The number of rotatable bonds is 2. The van der Waals surface area contributed by atoms with E-state index in [9.17, 15) is 21.6 Å². The molecule has 0 aromatic carbocycles. The van der Waals surface area contributed by atoms with Gasteiger partial charge in [0.15, 0.2) is 5.69 Å². The smallest absolute Gasteiger partial charge is 0.283 e. The van der Waals surface area contributed by atoms with Crippen molar-refractivity contribution < 1.29 is 21.6 Å². The van der Waals surface area contributed by atoms with Crippen molar-refractivity contribution in [2.24, 2.45) is 0 Å². The lowest BCUT2D eigenvalue weighted by Crippen LogP contribution is -2.37. The van der Waals surface area contributed by atoms with E-state index in [1.54, 1.807) is 0 Å². The third-order valence-corrected chi connectivity index (χ3v) is 2.64. The number of hydrogen-bond acceptors (Lipinski definition) is 4. The van der Waals surface area contributed by atoms with Gasteiger partial charge in [0.25, 0.3) is 10.0 Å². The number of H-pyrrole nitrogens is 1. The van der Waals surface area contributed by atoms with E-state index in [1.807, 2.05) is 5.10 Å². The SMILES string of the molecule is N#Cc1n[nH]cc1S(=O)(=O)NC(F)(F)F. The van der Waals surface area contributed by atoms with E-state index in [0.29, 0.717) is 10.9 Å². The van der Waals surface area contributed by atoms with E-state index in [4.69, 9.17) is 5.26 Å². The predicted molar refractivity (Wildman–Crippen MR) is 39.7 cm³/mol. The van der Waals surface area contributed by atoms with Crippen LogP contribution < -0.4 is 4.72 Å². The molecule has 0 amide bonds. The maximum absolute atomic E-state index is 11.8. The second kappa shape index (κ2) is 3.52. The molecule has 1 aromatic rings. The number of nitriles is 1. The number of alkyl halides is 3. The number of aromatic nitrogens is 2. The number of aromatic amines is 1. The highest BCUT2D eigenvalue weighted by molar-refractivity contribution is 7.89. The van der Waals surface area contributed by atoms with Gasteiger partial charge in [-0.3, -0.25) is 5.10 Å². The molecule has 0 aliphatic heterocycles. The van der Waals surface area contributed by atoms with E-state index in [-0.39, 0.29) is 0 Å². The van der Waals surface area contributed by atoms with Gasteiger partial charge in [0.05, 0.1) is 0 Å². The quantitative estimate of drug-likeness (QED) is 0.715. The van der Waals surface area contributed by atoms with Gasteiger partial charge in [-0.2, -0.15) is 23.5 Å². The Morgan fingerprint density at radius 2 is 2.13 bits per heavy atom. The molecule has 0 saturated heterocycles. The molecule has 0 unspecified atom stereocenters. The van der Waals surface area contributed by atoms with Gasteiger partial charge >= 0.3 is 6.30 Å². The molecule has 0 fully saturated rings. The van der Waals surface area contributed by atoms with Gasteiger partial charge in [-0.25, -0.2) is 8.42 Å². The van der Waals surface area contributed by atoms with Crippen LogP contribution >= 0.6 is 0 Å². The summed E-state index contributed by atoms with van der Waals surface area (Å²) >= 11 is 0. The Balaban J connectivity index is 3.14. The lowest BCUT2D eigenvalue weighted by molar-refractivity contribution is -0.138. The van der Waals surface area contributed by atoms with Gasteiger partial charge in [0.1, 0.15) is 11.0 Å². The lowest BCUT2D eigenvalue weighted by Gasteiger charge is -2.07. The predicted octanol–water partition coefficient (Wildman–Crippen LogP) is 0.0795. The molecule has 1 heterocycles. The maximum atomic E-state index is 11.8. The highest BCUT2D eigenvalue weighted by Crippen LogP contribution is 2.17. The van der Waals surface area contributed by atoms with Crippen molar-refractivity contribution >= 4 is 10.0 Å². The summed E-state index contributed by atoms with van der Waals surface area (Å²) < 4.78 is 57.9. The van der Waals surface area contributed by atoms with Crippen molar-refractivity contribution in [1.82, 2.24) is 14.9 Å². The first kappa shape index (κ1) is 11.5. The van der Waals surface area contributed by atoms with Crippen LogP contribution in [0, 0.1) is 11.3 Å². The standard InChI is InChI=1S/C5H3F3N4O2S/c6-5(7,8)12-15(13,14)4-2-10-11-3(4)1-9/h2,12H,(H,10,11). The Morgan fingerprint density at radius 3 is 2.60 bits per heavy atom. The molecule has 6 nitrogen and oxygen atoms in total. The molecule has 0 saturated carbocycles. The molecule has 10 heteroatoms. The van der Waals surface area contributed by atoms with Crippen LogP contribution in [0.3, 0.4) is 0 Å². The van der Waals surface area contributed by atoms with Gasteiger partial charge in [-0.05, 0) is 0 Å². The van der Waals surface area contributed by atoms with Crippen LogP contribution in [0.15, 0.2) is 11.1 Å². The van der Waals surface area contributed by atoms with E-state index >= 15 is 0 Å². The van der Waals surface area contributed by atoms with Gasteiger partial charge < -0.3 is 0 Å². The van der Waals surface area contributed by atoms with E-state index in [2.05, 4.69) is 5.10 Å². The molecule has 0 atom stereocenters. The van der Waals surface area contributed by atoms with E-state index in [1.165, 1.54) is 6.07 Å². The number of sulfonamides is 1. The zero-order valence-corrected chi connectivity index (χ0v) is 7.65. The normalized spacial score (nSPS) is 12.4. The third-order valence-electron chi connectivity index (χ3n) is 1.25. The number of nitrogens with one attached hydrogen (secondary N) is 2. The molecule has 15 heavy (non-hydrogen) atoms. The number of halogens is 3. The first-order valence-corrected chi connectivity index (χ1v) is 4.79. The number of hydrogen-bond donors (Lipinski definition) is 2. The van der Waals surface area contributed by atoms with Crippen molar-refractivity contribution in [3.05, 3.63) is 11.9 Å². The molecule has 0 aliphatic carbocycles. The average molecular weight is 240 g/mol. The van der Waals surface area contributed by atoms with E-state index in [0.717, 1.165) is 0 Å². The first-order chi connectivity index (χ1) is 6.76. The third kappa shape index (κ3) is 2.67. The van der Waals surface area contributed by atoms with Gasteiger partial charge in [-0.15, -0.1) is 4.72 Å². The van der Waals surface area contributed by atoms with Crippen LogP contribution in [0.1, 0.15) is 5.69 Å². The summed E-state index contributed by atoms with van der Waals surface area (Å²) in [6.07, 6.45) is -4.41. The molecule has 0 radical (unpaired) electrons. The Kier molecular flexibility index (Phi) is 2.69. The fourth-order valence-electron chi connectivity index (χ4n) is 0.771. The molecule has 0 bridgehead atoms. The summed E-state index contributed by atoms with van der Waals surface area (Å²) in [7, 11) is -4.81. The number of nitrogens with zero attached hydrogens (tertiary/aromatic N) is 2. The summed E-state index contributed by atoms with van der Waals surface area (Å²) in [5, 5.41) is 13.5. The summed E-state index contributed by atoms with van der Waals surface area (Å²) in [6, 6.07) is 1.34. The fraction of sp³-hybridized carbons (Fsp3) is 0.200. The molecule has 0 spiro atoms. The van der Waals surface area contributed by atoms with Crippen molar-refractivity contribution in [2.45, 2.75) is 11.2 Å². The van der Waals surface area contributed by atoms with Crippen LogP contribution in [0.5, 0.6) is 0 Å². The van der Waals surface area contributed by atoms with Crippen LogP contribution in [0.25, 0.3) is 0 Å². The van der Waals surface area contributed by atoms with Crippen molar-refractivity contribution in [3.63, 3.8) is 0 Å². The Hall–Kier alpha value is -1.60. The topological polar surface area (TPSA) is 98.6 Å². The first-order valence-electron chi connectivity index (χ1n) is 3.31. The lowest BCUT2D eigenvalue weighted by atomic mass is 10.5. The van der Waals surface area contributed by atoms with Crippen molar-refractivity contribution in [2.75, 3.05) is 0 Å². The van der Waals surface area contributed by atoms with E-state index < -0.39 is 26.9 Å².